The summed E-state index contributed by atoms with van der Waals surface area (Å²) in [5.74, 6) is -0.576. The van der Waals surface area contributed by atoms with Gasteiger partial charge in [0.2, 0.25) is 5.88 Å². The van der Waals surface area contributed by atoms with Crippen molar-refractivity contribution >= 4 is 23.6 Å². The van der Waals surface area contributed by atoms with E-state index in [1.54, 1.807) is 25.2 Å². The maximum absolute atomic E-state index is 13.0. The van der Waals surface area contributed by atoms with Crippen molar-refractivity contribution in [2.24, 2.45) is 0 Å². The molecule has 212 valence electrons. The Kier molecular flexibility index (Phi) is 8.61. The summed E-state index contributed by atoms with van der Waals surface area (Å²) in [6.07, 6.45) is 1.74. The van der Waals surface area contributed by atoms with Gasteiger partial charge in [0.25, 0.3) is 11.6 Å². The first kappa shape index (κ1) is 28.7. The number of aliphatic carboxylic acids is 1. The number of nitro benzene ring substituents is 1. The molecule has 0 bridgehead atoms. The van der Waals surface area contributed by atoms with Gasteiger partial charge in [0.1, 0.15) is 5.75 Å². The highest BCUT2D eigenvalue weighted by Crippen LogP contribution is 2.35. The maximum atomic E-state index is 13.0. The summed E-state index contributed by atoms with van der Waals surface area (Å²) in [6, 6.07) is 14.7. The van der Waals surface area contributed by atoms with Gasteiger partial charge < -0.3 is 25.0 Å². The highest BCUT2D eigenvalue weighted by atomic mass is 16.6. The average molecular weight is 560 g/mol. The zero-order valence-electron chi connectivity index (χ0n) is 22.7. The Morgan fingerprint density at radius 1 is 1.15 bits per heavy atom. The minimum Gasteiger partial charge on any atom is -0.478 e. The molecule has 1 unspecified atom stereocenters. The van der Waals surface area contributed by atoms with Crippen molar-refractivity contribution in [2.45, 2.75) is 26.3 Å². The summed E-state index contributed by atoms with van der Waals surface area (Å²) in [4.78, 5) is 55.8. The Balaban J connectivity index is 1.44. The van der Waals surface area contributed by atoms with Crippen molar-refractivity contribution in [2.75, 3.05) is 20.1 Å². The molecule has 12 nitrogen and oxygen atoms in total. The lowest BCUT2D eigenvalue weighted by Crippen LogP contribution is -2.49. The van der Waals surface area contributed by atoms with Crippen LogP contribution in [0.1, 0.15) is 40.9 Å². The number of non-ortho nitro benzene ring substituents is 1. The molecule has 1 atom stereocenters. The van der Waals surface area contributed by atoms with Crippen LogP contribution in [0.5, 0.6) is 11.6 Å². The number of carboxylic acid groups (broad SMARTS) is 1. The van der Waals surface area contributed by atoms with Crippen LogP contribution in [-0.4, -0.2) is 62.9 Å². The third-order valence-electron chi connectivity index (χ3n) is 6.64. The molecule has 0 aliphatic carbocycles. The van der Waals surface area contributed by atoms with Crippen molar-refractivity contribution in [3.05, 3.63) is 105 Å². The number of nitrogens with one attached hydrogen (secondary N) is 1. The highest BCUT2D eigenvalue weighted by Gasteiger charge is 2.38. The van der Waals surface area contributed by atoms with E-state index in [1.807, 2.05) is 31.2 Å². The standard InChI is InChI=1S/C29H29N5O7/c1-18-8-11-23(12-9-18)41-24-13-10-21(17-30-24)27(35)32(3)14-5-15-33-26(20-6-4-7-22(16-20)34(39)40)25(28(36)37)19(2)31-29(33)38/h4,6-13,16-17,26H,5,14-15H2,1-3H3,(H,31,38)(H,36,37). The molecule has 3 amide bonds. The number of ether oxygens (including phenoxy) is 1. The van der Waals surface area contributed by atoms with Crippen LogP contribution in [0.25, 0.3) is 0 Å². The molecule has 0 saturated heterocycles. The van der Waals surface area contributed by atoms with Gasteiger partial charge in [0.05, 0.1) is 22.1 Å². The molecule has 1 aliphatic heterocycles. The number of aryl methyl sites for hydroxylation is 1. The number of nitro groups is 1. The molecule has 2 N–H and O–H groups in total. The Hall–Kier alpha value is -5.26. The highest BCUT2D eigenvalue weighted by molar-refractivity contribution is 5.94. The van der Waals surface area contributed by atoms with Crippen molar-refractivity contribution in [3.8, 4) is 11.6 Å². The number of carbonyl (C=O) groups excluding carboxylic acids is 2. The predicted octanol–water partition coefficient (Wildman–Crippen LogP) is 4.68. The quantitative estimate of drug-likeness (QED) is 0.268. The lowest BCUT2D eigenvalue weighted by molar-refractivity contribution is -0.384. The van der Waals surface area contributed by atoms with Crippen molar-refractivity contribution < 1.29 is 29.2 Å². The molecule has 41 heavy (non-hydrogen) atoms. The number of carboxylic acids is 1. The predicted molar refractivity (Wildman–Crippen MR) is 148 cm³/mol. The normalized spacial score (nSPS) is 14.9. The third-order valence-corrected chi connectivity index (χ3v) is 6.64. The van der Waals surface area contributed by atoms with Gasteiger partial charge in [0, 0.05) is 50.2 Å². The second-order valence-electron chi connectivity index (χ2n) is 9.60. The number of allylic oxidation sites excluding steroid dienone is 1. The Morgan fingerprint density at radius 3 is 2.51 bits per heavy atom. The SMILES string of the molecule is CC1=C(C(=O)O)C(c2cccc([N+](=O)[O-])c2)N(CCCN(C)C(=O)c2ccc(Oc3ccc(C)cc3)nc2)C(=O)N1. The molecular weight excluding hydrogens is 530 g/mol. The summed E-state index contributed by atoms with van der Waals surface area (Å²) in [7, 11) is 1.61. The monoisotopic (exact) mass is 559 g/mol. The number of rotatable bonds is 10. The van der Waals surface area contributed by atoms with Gasteiger partial charge in [-0.05, 0) is 44.0 Å². The van der Waals surface area contributed by atoms with Crippen LogP contribution < -0.4 is 10.1 Å². The second-order valence-corrected chi connectivity index (χ2v) is 9.60. The van der Waals surface area contributed by atoms with Crippen molar-refractivity contribution in [3.63, 3.8) is 0 Å². The number of pyridine rings is 1. The molecule has 1 aliphatic rings. The fourth-order valence-corrected chi connectivity index (χ4v) is 4.54. The largest absolute Gasteiger partial charge is 0.478 e. The number of benzene rings is 2. The molecule has 0 fully saturated rings. The zero-order valence-corrected chi connectivity index (χ0v) is 22.7. The molecule has 1 aromatic heterocycles. The first-order chi connectivity index (χ1) is 19.5. The lowest BCUT2D eigenvalue weighted by Gasteiger charge is -2.37. The van der Waals surface area contributed by atoms with Crippen LogP contribution in [0, 0.1) is 17.0 Å². The van der Waals surface area contributed by atoms with E-state index < -0.39 is 23.0 Å². The van der Waals surface area contributed by atoms with E-state index in [9.17, 15) is 29.6 Å². The minimum atomic E-state index is -1.25. The van der Waals surface area contributed by atoms with Crippen LogP contribution in [0.2, 0.25) is 0 Å². The van der Waals surface area contributed by atoms with Gasteiger partial charge in [-0.2, -0.15) is 0 Å². The summed E-state index contributed by atoms with van der Waals surface area (Å²) < 4.78 is 5.71. The number of nitrogens with zero attached hydrogens (tertiary/aromatic N) is 4. The molecule has 4 rings (SSSR count). The van der Waals surface area contributed by atoms with E-state index >= 15 is 0 Å². The summed E-state index contributed by atoms with van der Waals surface area (Å²) in [5.41, 5.74) is 1.60. The second kappa shape index (κ2) is 12.3. The number of hydrogen-bond acceptors (Lipinski definition) is 7. The summed E-state index contributed by atoms with van der Waals surface area (Å²) in [5, 5.41) is 23.8. The van der Waals surface area contributed by atoms with E-state index in [2.05, 4.69) is 10.3 Å². The number of hydrogen-bond donors (Lipinski definition) is 2. The van der Waals surface area contributed by atoms with Crippen molar-refractivity contribution in [1.29, 1.82) is 0 Å². The Morgan fingerprint density at radius 2 is 1.88 bits per heavy atom. The smallest absolute Gasteiger partial charge is 0.335 e. The van der Waals surface area contributed by atoms with Crippen LogP contribution in [0.4, 0.5) is 10.5 Å². The molecule has 3 aromatic rings. The van der Waals surface area contributed by atoms with Crippen LogP contribution in [-0.2, 0) is 4.79 Å². The van der Waals surface area contributed by atoms with Crippen LogP contribution in [0.15, 0.2) is 78.1 Å². The van der Waals surface area contributed by atoms with Gasteiger partial charge in [-0.15, -0.1) is 0 Å². The van der Waals surface area contributed by atoms with Gasteiger partial charge in [0.15, 0.2) is 0 Å². The number of carbonyl (C=O) groups is 3. The molecule has 0 spiro atoms. The molecule has 0 saturated carbocycles. The van der Waals surface area contributed by atoms with Gasteiger partial charge in [-0.3, -0.25) is 14.9 Å². The Bertz CT molecular complexity index is 1500. The van der Waals surface area contributed by atoms with E-state index in [1.165, 1.54) is 41.1 Å². The molecule has 2 aromatic carbocycles. The van der Waals surface area contributed by atoms with Crippen molar-refractivity contribution in [1.82, 2.24) is 20.1 Å². The summed E-state index contributed by atoms with van der Waals surface area (Å²) >= 11 is 0. The minimum absolute atomic E-state index is 0.0858. The fourth-order valence-electron chi connectivity index (χ4n) is 4.54. The van der Waals surface area contributed by atoms with Crippen LogP contribution in [0.3, 0.4) is 0 Å². The Labute approximate surface area is 236 Å². The van der Waals surface area contributed by atoms with E-state index in [4.69, 9.17) is 4.74 Å². The first-order valence-electron chi connectivity index (χ1n) is 12.8. The lowest BCUT2D eigenvalue weighted by atomic mass is 9.93. The van der Waals surface area contributed by atoms with Gasteiger partial charge in [-0.25, -0.2) is 14.6 Å². The van der Waals surface area contributed by atoms with Gasteiger partial charge >= 0.3 is 12.0 Å². The number of aromatic nitrogens is 1. The third kappa shape index (κ3) is 6.67. The molecule has 0 radical (unpaired) electrons. The zero-order chi connectivity index (χ0) is 29.7. The maximum Gasteiger partial charge on any atom is 0.335 e. The fraction of sp³-hybridized carbons (Fsp3) is 0.241. The topological polar surface area (TPSA) is 155 Å². The van der Waals surface area contributed by atoms with E-state index in [0.29, 0.717) is 29.2 Å². The average Bonchev–Trinajstić information content (AvgIpc) is 2.94. The van der Waals surface area contributed by atoms with E-state index in [0.717, 1.165) is 5.56 Å². The summed E-state index contributed by atoms with van der Waals surface area (Å²) in [6.45, 7) is 3.78. The number of urea groups is 1. The molecule has 12 heteroatoms. The number of amides is 3. The van der Waals surface area contributed by atoms with Crippen LogP contribution >= 0.6 is 0 Å². The van der Waals surface area contributed by atoms with Gasteiger partial charge in [-0.1, -0.05) is 29.8 Å². The molecule has 2 heterocycles. The first-order valence-corrected chi connectivity index (χ1v) is 12.8. The van der Waals surface area contributed by atoms with E-state index in [-0.39, 0.29) is 36.0 Å². The molecular formula is C29H29N5O7.